The summed E-state index contributed by atoms with van der Waals surface area (Å²) in [6, 6.07) is 12.9. The lowest BCUT2D eigenvalue weighted by atomic mass is 10.0. The van der Waals surface area contributed by atoms with Gasteiger partial charge in [-0.1, -0.05) is 30.3 Å². The second-order valence-electron chi connectivity index (χ2n) is 5.36. The largest absolute Gasteiger partial charge is 0.354 e. The lowest BCUT2D eigenvalue weighted by Crippen LogP contribution is -2.39. The predicted molar refractivity (Wildman–Crippen MR) is 87.2 cm³/mol. The molecule has 1 aliphatic rings. The highest BCUT2D eigenvalue weighted by atomic mass is 16.2. The van der Waals surface area contributed by atoms with Gasteiger partial charge in [-0.3, -0.25) is 10.1 Å². The third-order valence-electron chi connectivity index (χ3n) is 3.86. The van der Waals surface area contributed by atoms with Crippen LogP contribution in [0.5, 0.6) is 0 Å². The van der Waals surface area contributed by atoms with Gasteiger partial charge in [0, 0.05) is 20.1 Å². The first-order chi connectivity index (χ1) is 11.2. The zero-order valence-electron chi connectivity index (χ0n) is 12.9. The molecular weight excluding hydrogens is 292 g/mol. The molecule has 0 bridgehead atoms. The Bertz CT molecular complexity index is 745. The molecule has 1 aromatic heterocycles. The maximum absolute atomic E-state index is 12.4. The third-order valence-corrected chi connectivity index (χ3v) is 3.86. The van der Waals surface area contributed by atoms with Gasteiger partial charge in [-0.05, 0) is 29.7 Å². The molecule has 0 radical (unpaired) electrons. The van der Waals surface area contributed by atoms with E-state index < -0.39 is 0 Å². The molecule has 1 aromatic carbocycles. The fourth-order valence-electron chi connectivity index (χ4n) is 2.62. The summed E-state index contributed by atoms with van der Waals surface area (Å²) in [6.07, 6.45) is 0.843. The van der Waals surface area contributed by atoms with Crippen LogP contribution in [-0.2, 0) is 13.0 Å². The summed E-state index contributed by atoms with van der Waals surface area (Å²) in [6.45, 7) is 1.25. The molecule has 1 aliphatic heterocycles. The van der Waals surface area contributed by atoms with E-state index in [0.717, 1.165) is 6.42 Å². The molecule has 0 spiro atoms. The lowest BCUT2D eigenvalue weighted by Gasteiger charge is -2.28. The van der Waals surface area contributed by atoms with Crippen molar-refractivity contribution < 1.29 is 9.59 Å². The van der Waals surface area contributed by atoms with Crippen molar-refractivity contribution >= 4 is 17.8 Å². The molecule has 0 unspecified atom stereocenters. The molecule has 2 aromatic rings. The van der Waals surface area contributed by atoms with Crippen LogP contribution in [0.1, 0.15) is 21.6 Å². The number of fused-ring (bicyclic) bond motifs is 1. The molecule has 0 atom stereocenters. The smallest absolute Gasteiger partial charge is 0.323 e. The molecule has 2 heterocycles. The summed E-state index contributed by atoms with van der Waals surface area (Å²) in [4.78, 5) is 29.9. The average Bonchev–Trinajstić information content (AvgIpc) is 2.60. The molecule has 118 valence electrons. The van der Waals surface area contributed by atoms with Gasteiger partial charge in [0.1, 0.15) is 11.5 Å². The Morgan fingerprint density at radius 3 is 2.65 bits per heavy atom. The molecule has 0 saturated heterocycles. The van der Waals surface area contributed by atoms with Crippen LogP contribution < -0.4 is 10.6 Å². The fraction of sp³-hybridized carbons (Fsp3) is 0.235. The number of urea groups is 1. The number of aromatic nitrogens is 1. The first-order valence-corrected chi connectivity index (χ1v) is 7.49. The predicted octanol–water partition coefficient (Wildman–Crippen LogP) is 2.03. The minimum Gasteiger partial charge on any atom is -0.354 e. The van der Waals surface area contributed by atoms with E-state index in [0.29, 0.717) is 18.9 Å². The quantitative estimate of drug-likeness (QED) is 0.891. The number of rotatable bonds is 2. The number of nitrogens with zero attached hydrogens (tertiary/aromatic N) is 2. The highest BCUT2D eigenvalue weighted by molar-refractivity contribution is 5.93. The Balaban J connectivity index is 1.69. The van der Waals surface area contributed by atoms with Gasteiger partial charge in [-0.2, -0.15) is 0 Å². The van der Waals surface area contributed by atoms with Crippen LogP contribution in [0.15, 0.2) is 42.5 Å². The van der Waals surface area contributed by atoms with E-state index in [1.807, 2.05) is 18.2 Å². The van der Waals surface area contributed by atoms with Crippen molar-refractivity contribution in [3.8, 4) is 0 Å². The molecule has 0 aliphatic carbocycles. The maximum atomic E-state index is 12.4. The minimum absolute atomic E-state index is 0.207. The molecular formula is C17H18N4O2. The first kappa shape index (κ1) is 15.0. The number of carbonyl (C=O) groups excluding carboxylic acids is 2. The topological polar surface area (TPSA) is 74.3 Å². The second kappa shape index (κ2) is 6.48. The van der Waals surface area contributed by atoms with Crippen LogP contribution in [0.25, 0.3) is 0 Å². The monoisotopic (exact) mass is 310 g/mol. The van der Waals surface area contributed by atoms with Crippen molar-refractivity contribution in [2.45, 2.75) is 13.0 Å². The van der Waals surface area contributed by atoms with E-state index in [4.69, 9.17) is 0 Å². The Labute approximate surface area is 134 Å². The van der Waals surface area contributed by atoms with Crippen molar-refractivity contribution in [1.82, 2.24) is 15.2 Å². The minimum atomic E-state index is -0.284. The van der Waals surface area contributed by atoms with Gasteiger partial charge >= 0.3 is 6.03 Å². The third kappa shape index (κ3) is 3.31. The zero-order chi connectivity index (χ0) is 16.2. The Morgan fingerprint density at radius 1 is 1.09 bits per heavy atom. The van der Waals surface area contributed by atoms with E-state index >= 15 is 0 Å². The van der Waals surface area contributed by atoms with E-state index in [9.17, 15) is 9.59 Å². The number of hydrogen-bond donors (Lipinski definition) is 2. The lowest BCUT2D eigenvalue weighted by molar-refractivity contribution is 0.0958. The SMILES string of the molecule is CNC(=O)c1cccc(NC(=O)N2CCc3ccccc3C2)n1. The van der Waals surface area contributed by atoms with Crippen LogP contribution >= 0.6 is 0 Å². The summed E-state index contributed by atoms with van der Waals surface area (Å²) in [5.41, 5.74) is 2.73. The van der Waals surface area contributed by atoms with Crippen LogP contribution in [-0.4, -0.2) is 35.4 Å². The van der Waals surface area contributed by atoms with Gasteiger partial charge in [0.2, 0.25) is 0 Å². The van der Waals surface area contributed by atoms with Crippen LogP contribution in [0.2, 0.25) is 0 Å². The summed E-state index contributed by atoms with van der Waals surface area (Å²) in [5, 5.41) is 5.27. The normalized spacial score (nSPS) is 13.2. The molecule has 6 nitrogen and oxygen atoms in total. The van der Waals surface area contributed by atoms with Gasteiger partial charge in [0.15, 0.2) is 0 Å². The highest BCUT2D eigenvalue weighted by Crippen LogP contribution is 2.19. The standard InChI is InChI=1S/C17H18N4O2/c1-18-16(22)14-7-4-8-15(19-14)20-17(23)21-10-9-12-5-2-3-6-13(12)11-21/h2-8H,9-11H2,1H3,(H,18,22)(H,19,20,23). The first-order valence-electron chi connectivity index (χ1n) is 7.49. The Kier molecular flexibility index (Phi) is 4.23. The van der Waals surface area contributed by atoms with E-state index in [-0.39, 0.29) is 17.6 Å². The molecule has 3 rings (SSSR count). The fourth-order valence-corrected chi connectivity index (χ4v) is 2.62. The van der Waals surface area contributed by atoms with Crippen molar-refractivity contribution in [3.63, 3.8) is 0 Å². The van der Waals surface area contributed by atoms with Gasteiger partial charge in [-0.15, -0.1) is 0 Å². The van der Waals surface area contributed by atoms with Crippen LogP contribution in [0, 0.1) is 0 Å². The van der Waals surface area contributed by atoms with Crippen molar-refractivity contribution in [3.05, 3.63) is 59.3 Å². The van der Waals surface area contributed by atoms with E-state index in [1.54, 1.807) is 30.1 Å². The van der Waals surface area contributed by atoms with Gasteiger partial charge in [0.05, 0.1) is 0 Å². The van der Waals surface area contributed by atoms with Crippen molar-refractivity contribution in [1.29, 1.82) is 0 Å². The maximum Gasteiger partial charge on any atom is 0.323 e. The summed E-state index contributed by atoms with van der Waals surface area (Å²) in [5.74, 6) is 0.0861. The van der Waals surface area contributed by atoms with Gasteiger partial charge in [-0.25, -0.2) is 9.78 Å². The number of hydrogen-bond acceptors (Lipinski definition) is 3. The van der Waals surface area contributed by atoms with Crippen LogP contribution in [0.3, 0.4) is 0 Å². The molecule has 0 fully saturated rings. The Hall–Kier alpha value is -2.89. The number of nitrogens with one attached hydrogen (secondary N) is 2. The molecule has 2 N–H and O–H groups in total. The summed E-state index contributed by atoms with van der Waals surface area (Å²) >= 11 is 0. The number of carbonyl (C=O) groups is 2. The second-order valence-corrected chi connectivity index (χ2v) is 5.36. The summed E-state index contributed by atoms with van der Waals surface area (Å²) < 4.78 is 0. The van der Waals surface area contributed by atoms with E-state index in [2.05, 4.69) is 21.7 Å². The molecule has 23 heavy (non-hydrogen) atoms. The molecule has 6 heteroatoms. The molecule has 3 amide bonds. The number of amides is 3. The number of benzene rings is 1. The van der Waals surface area contributed by atoms with E-state index in [1.165, 1.54) is 11.1 Å². The van der Waals surface area contributed by atoms with Crippen molar-refractivity contribution in [2.75, 3.05) is 18.9 Å². The van der Waals surface area contributed by atoms with Gasteiger partial charge < -0.3 is 10.2 Å². The number of anilines is 1. The van der Waals surface area contributed by atoms with Crippen molar-refractivity contribution in [2.24, 2.45) is 0 Å². The highest BCUT2D eigenvalue weighted by Gasteiger charge is 2.20. The Morgan fingerprint density at radius 2 is 1.87 bits per heavy atom. The summed E-state index contributed by atoms with van der Waals surface area (Å²) in [7, 11) is 1.54. The number of pyridine rings is 1. The average molecular weight is 310 g/mol. The van der Waals surface area contributed by atoms with Gasteiger partial charge in [0.25, 0.3) is 5.91 Å². The molecule has 0 saturated carbocycles. The van der Waals surface area contributed by atoms with Crippen LogP contribution in [0.4, 0.5) is 10.6 Å². The zero-order valence-corrected chi connectivity index (χ0v) is 12.9.